The molecule has 0 saturated heterocycles. The average Bonchev–Trinajstić information content (AvgIpc) is 2.53. The molecule has 0 aromatic carbocycles. The number of ether oxygens (including phenoxy) is 1. The molecule has 0 saturated carbocycles. The van der Waals surface area contributed by atoms with Gasteiger partial charge in [-0.15, -0.1) is 0 Å². The summed E-state index contributed by atoms with van der Waals surface area (Å²) in [5.74, 6) is 1.97. The summed E-state index contributed by atoms with van der Waals surface area (Å²) < 4.78 is 5.93. The molecule has 0 amide bonds. The van der Waals surface area contributed by atoms with E-state index in [0.29, 0.717) is 18.4 Å². The van der Waals surface area contributed by atoms with E-state index in [0.717, 1.165) is 28.8 Å². The Kier molecular flexibility index (Phi) is 5.74. The van der Waals surface area contributed by atoms with Crippen LogP contribution in [0.3, 0.4) is 0 Å². The molecule has 21 heavy (non-hydrogen) atoms. The van der Waals surface area contributed by atoms with Crippen LogP contribution in [-0.4, -0.2) is 28.6 Å². The average molecular weight is 352 g/mol. The molecule has 0 fully saturated rings. The van der Waals surface area contributed by atoms with E-state index in [9.17, 15) is 0 Å². The monoisotopic (exact) mass is 351 g/mol. The third-order valence-electron chi connectivity index (χ3n) is 2.75. The highest BCUT2D eigenvalue weighted by Crippen LogP contribution is 2.21. The van der Waals surface area contributed by atoms with Gasteiger partial charge in [0, 0.05) is 31.5 Å². The maximum Gasteiger partial charge on any atom is 0.224 e. The third kappa shape index (κ3) is 4.56. The molecule has 0 bridgehead atoms. The Balaban J connectivity index is 2.04. The molecule has 0 aliphatic heterocycles. The van der Waals surface area contributed by atoms with Crippen molar-refractivity contribution in [3.8, 4) is 5.88 Å². The second-order valence-electron chi connectivity index (χ2n) is 4.38. The zero-order valence-corrected chi connectivity index (χ0v) is 13.6. The summed E-state index contributed by atoms with van der Waals surface area (Å²) in [6.07, 6.45) is 4.48. The summed E-state index contributed by atoms with van der Waals surface area (Å²) in [4.78, 5) is 12.7. The smallest absolute Gasteiger partial charge is 0.224 e. The summed E-state index contributed by atoms with van der Waals surface area (Å²) in [6.45, 7) is 3.58. The Hall–Kier alpha value is -1.89. The quantitative estimate of drug-likeness (QED) is 0.798. The van der Waals surface area contributed by atoms with Gasteiger partial charge < -0.3 is 15.4 Å². The fourth-order valence-corrected chi connectivity index (χ4v) is 2.00. The zero-order chi connectivity index (χ0) is 15.1. The number of methoxy groups -OCH3 is 1. The van der Waals surface area contributed by atoms with Crippen LogP contribution in [0.4, 0.5) is 11.8 Å². The number of nitrogens with zero attached hydrogens (tertiary/aromatic N) is 3. The normalized spacial score (nSPS) is 10.2. The van der Waals surface area contributed by atoms with Gasteiger partial charge in [-0.2, -0.15) is 4.98 Å². The maximum absolute atomic E-state index is 5.11. The number of hydrogen-bond acceptors (Lipinski definition) is 6. The molecule has 112 valence electrons. The van der Waals surface area contributed by atoms with E-state index in [4.69, 9.17) is 4.74 Å². The summed E-state index contributed by atoms with van der Waals surface area (Å²) in [6, 6.07) is 3.82. The first kappa shape index (κ1) is 15.5. The van der Waals surface area contributed by atoms with Crippen LogP contribution in [0, 0.1) is 0 Å². The van der Waals surface area contributed by atoms with Crippen molar-refractivity contribution in [1.29, 1.82) is 0 Å². The van der Waals surface area contributed by atoms with Crippen molar-refractivity contribution in [2.24, 2.45) is 0 Å². The molecule has 2 aromatic rings. The predicted octanol–water partition coefficient (Wildman–Crippen LogP) is 3.08. The van der Waals surface area contributed by atoms with Crippen LogP contribution in [0.2, 0.25) is 0 Å². The van der Waals surface area contributed by atoms with Crippen molar-refractivity contribution >= 4 is 27.7 Å². The van der Waals surface area contributed by atoms with Crippen LogP contribution < -0.4 is 15.4 Å². The van der Waals surface area contributed by atoms with E-state index >= 15 is 0 Å². The van der Waals surface area contributed by atoms with Crippen LogP contribution >= 0.6 is 15.9 Å². The van der Waals surface area contributed by atoms with Gasteiger partial charge in [-0.1, -0.05) is 6.92 Å². The summed E-state index contributed by atoms with van der Waals surface area (Å²) in [5.41, 5.74) is 1.07. The first-order valence-electron chi connectivity index (χ1n) is 6.72. The number of pyridine rings is 1. The highest BCUT2D eigenvalue weighted by Gasteiger charge is 2.05. The largest absolute Gasteiger partial charge is 0.481 e. The minimum absolute atomic E-state index is 0.598. The number of rotatable bonds is 7. The number of aromatic nitrogens is 3. The van der Waals surface area contributed by atoms with Crippen LogP contribution in [0.5, 0.6) is 5.88 Å². The van der Waals surface area contributed by atoms with Crippen molar-refractivity contribution in [1.82, 2.24) is 15.0 Å². The van der Waals surface area contributed by atoms with Crippen molar-refractivity contribution in [3.63, 3.8) is 0 Å². The lowest BCUT2D eigenvalue weighted by atomic mass is 10.2. The minimum atomic E-state index is 0.598. The SMILES string of the molecule is CCCNc1ncc(Br)c(NCc2ccnc(OC)c2)n1. The molecule has 2 aromatic heterocycles. The van der Waals surface area contributed by atoms with Gasteiger partial charge in [0.15, 0.2) is 0 Å². The Morgan fingerprint density at radius 3 is 2.90 bits per heavy atom. The molecule has 6 nitrogen and oxygen atoms in total. The van der Waals surface area contributed by atoms with Crippen molar-refractivity contribution in [3.05, 3.63) is 34.6 Å². The summed E-state index contributed by atoms with van der Waals surface area (Å²) in [5, 5.41) is 6.44. The zero-order valence-electron chi connectivity index (χ0n) is 12.1. The van der Waals surface area contributed by atoms with E-state index in [1.54, 1.807) is 19.5 Å². The van der Waals surface area contributed by atoms with Crippen molar-refractivity contribution in [2.75, 3.05) is 24.3 Å². The second kappa shape index (κ2) is 7.78. The van der Waals surface area contributed by atoms with Crippen molar-refractivity contribution < 1.29 is 4.74 Å². The van der Waals surface area contributed by atoms with E-state index in [1.807, 2.05) is 12.1 Å². The van der Waals surface area contributed by atoms with Gasteiger partial charge in [0.2, 0.25) is 11.8 Å². The molecule has 0 aliphatic rings. The molecule has 2 rings (SSSR count). The predicted molar refractivity (Wildman–Crippen MR) is 86.6 cm³/mol. The molecule has 0 aliphatic carbocycles. The lowest BCUT2D eigenvalue weighted by Gasteiger charge is -2.10. The second-order valence-corrected chi connectivity index (χ2v) is 5.23. The summed E-state index contributed by atoms with van der Waals surface area (Å²) in [7, 11) is 1.60. The topological polar surface area (TPSA) is 72.0 Å². The summed E-state index contributed by atoms with van der Waals surface area (Å²) >= 11 is 3.45. The fraction of sp³-hybridized carbons (Fsp3) is 0.357. The number of anilines is 2. The first-order chi connectivity index (χ1) is 10.2. The highest BCUT2D eigenvalue weighted by molar-refractivity contribution is 9.10. The van der Waals surface area contributed by atoms with Gasteiger partial charge in [-0.3, -0.25) is 0 Å². The molecule has 0 radical (unpaired) electrons. The van der Waals surface area contributed by atoms with Crippen LogP contribution in [0.15, 0.2) is 29.0 Å². The Morgan fingerprint density at radius 2 is 2.14 bits per heavy atom. The van der Waals surface area contributed by atoms with E-state index in [2.05, 4.69) is 48.4 Å². The minimum Gasteiger partial charge on any atom is -0.481 e. The fourth-order valence-electron chi connectivity index (χ4n) is 1.67. The van der Waals surface area contributed by atoms with E-state index in [-0.39, 0.29) is 0 Å². The Labute approximate surface area is 132 Å². The van der Waals surface area contributed by atoms with Crippen LogP contribution in [-0.2, 0) is 6.54 Å². The molecule has 2 heterocycles. The van der Waals surface area contributed by atoms with Crippen LogP contribution in [0.25, 0.3) is 0 Å². The first-order valence-corrected chi connectivity index (χ1v) is 7.51. The van der Waals surface area contributed by atoms with E-state index < -0.39 is 0 Å². The number of nitrogens with one attached hydrogen (secondary N) is 2. The van der Waals surface area contributed by atoms with Gasteiger partial charge in [0.1, 0.15) is 5.82 Å². The Bertz CT molecular complexity index is 593. The van der Waals surface area contributed by atoms with Crippen molar-refractivity contribution in [2.45, 2.75) is 19.9 Å². The highest BCUT2D eigenvalue weighted by atomic mass is 79.9. The van der Waals surface area contributed by atoms with Gasteiger partial charge in [-0.05, 0) is 34.0 Å². The van der Waals surface area contributed by atoms with Gasteiger partial charge in [0.05, 0.1) is 11.6 Å². The lowest BCUT2D eigenvalue weighted by Crippen LogP contribution is -2.08. The third-order valence-corrected chi connectivity index (χ3v) is 3.33. The molecule has 0 atom stereocenters. The van der Waals surface area contributed by atoms with Gasteiger partial charge in [0.25, 0.3) is 0 Å². The van der Waals surface area contributed by atoms with E-state index in [1.165, 1.54) is 0 Å². The maximum atomic E-state index is 5.11. The lowest BCUT2D eigenvalue weighted by molar-refractivity contribution is 0.397. The molecular formula is C14H18BrN5O. The molecular weight excluding hydrogens is 334 g/mol. The molecule has 7 heteroatoms. The number of halogens is 1. The standard InChI is InChI=1S/C14H18BrN5O/c1-3-5-17-14-19-9-11(15)13(20-14)18-8-10-4-6-16-12(7-10)21-2/h4,6-7,9H,3,5,8H2,1-2H3,(H2,17,18,19,20). The Morgan fingerprint density at radius 1 is 1.29 bits per heavy atom. The molecule has 2 N–H and O–H groups in total. The molecule has 0 spiro atoms. The number of hydrogen-bond donors (Lipinski definition) is 2. The van der Waals surface area contributed by atoms with Crippen LogP contribution in [0.1, 0.15) is 18.9 Å². The van der Waals surface area contributed by atoms with Gasteiger partial charge >= 0.3 is 0 Å². The van der Waals surface area contributed by atoms with Gasteiger partial charge in [-0.25, -0.2) is 9.97 Å². The molecule has 0 unspecified atom stereocenters.